The number of para-hydroxylation sites is 1. The number of carbonyl (C=O) groups excluding carboxylic acids is 1. The lowest BCUT2D eigenvalue weighted by atomic mass is 10.1. The van der Waals surface area contributed by atoms with Gasteiger partial charge >= 0.3 is 5.97 Å². The van der Waals surface area contributed by atoms with Gasteiger partial charge in [0.2, 0.25) is 0 Å². The smallest absolute Gasteiger partial charge is 0.310 e. The Kier molecular flexibility index (Phi) is 3.69. The molecule has 0 saturated heterocycles. The summed E-state index contributed by atoms with van der Waals surface area (Å²) in [6.45, 7) is 2.22. The fourth-order valence-electron chi connectivity index (χ4n) is 2.49. The van der Waals surface area contributed by atoms with Crippen LogP contribution in [-0.4, -0.2) is 17.6 Å². The number of aromatic nitrogens is 2. The number of esters is 1. The van der Waals surface area contributed by atoms with Crippen LogP contribution in [0.3, 0.4) is 0 Å². The van der Waals surface area contributed by atoms with E-state index in [1.807, 2.05) is 66.3 Å². The second-order valence-electron chi connectivity index (χ2n) is 4.76. The molecule has 0 unspecified atom stereocenters. The summed E-state index contributed by atoms with van der Waals surface area (Å²) in [6, 6.07) is 13.9. The van der Waals surface area contributed by atoms with Gasteiger partial charge in [-0.05, 0) is 25.1 Å². The molecule has 2 aromatic heterocycles. The van der Waals surface area contributed by atoms with Crippen LogP contribution in [0, 0.1) is 0 Å². The van der Waals surface area contributed by atoms with Crippen molar-refractivity contribution in [3.63, 3.8) is 0 Å². The maximum absolute atomic E-state index is 11.9. The lowest BCUT2D eigenvalue weighted by molar-refractivity contribution is -0.599. The first-order chi connectivity index (χ1) is 10.3. The highest BCUT2D eigenvalue weighted by atomic mass is 16.5. The van der Waals surface area contributed by atoms with Crippen molar-refractivity contribution in [1.29, 1.82) is 0 Å². The molecule has 3 aromatic rings. The third-order valence-corrected chi connectivity index (χ3v) is 3.39. The van der Waals surface area contributed by atoms with Gasteiger partial charge in [-0.2, -0.15) is 0 Å². The molecule has 0 aliphatic rings. The monoisotopic (exact) mass is 281 g/mol. The summed E-state index contributed by atoms with van der Waals surface area (Å²) in [6.07, 6.45) is 4.17. The minimum atomic E-state index is -0.208. The number of hydrogen-bond donors (Lipinski definition) is 1. The number of hydrogen-bond acceptors (Lipinski definition) is 2. The number of fused-ring (bicyclic) bond motifs is 1. The molecule has 0 saturated carbocycles. The normalized spacial score (nSPS) is 10.7. The molecule has 0 spiro atoms. The Morgan fingerprint density at radius 1 is 1.14 bits per heavy atom. The van der Waals surface area contributed by atoms with Crippen molar-refractivity contribution in [2.75, 3.05) is 6.61 Å². The average molecular weight is 281 g/mol. The Hall–Kier alpha value is -2.62. The van der Waals surface area contributed by atoms with Crippen molar-refractivity contribution in [2.24, 2.45) is 0 Å². The molecule has 0 bridgehead atoms. The molecular weight excluding hydrogens is 264 g/mol. The maximum atomic E-state index is 11.9. The standard InChI is InChI=1S/C17H17N2O2/c1-2-21-16(20)12-14-13-8-4-5-9-15(13)18-17(14)19-10-6-3-7-11-19/h3-11,18H,2,12H2,1H3/q+1. The van der Waals surface area contributed by atoms with E-state index in [9.17, 15) is 4.79 Å². The second-order valence-corrected chi connectivity index (χ2v) is 4.76. The molecule has 21 heavy (non-hydrogen) atoms. The first-order valence-corrected chi connectivity index (χ1v) is 7.01. The summed E-state index contributed by atoms with van der Waals surface area (Å²) >= 11 is 0. The van der Waals surface area contributed by atoms with Crippen molar-refractivity contribution in [2.45, 2.75) is 13.3 Å². The fraction of sp³-hybridized carbons (Fsp3) is 0.176. The van der Waals surface area contributed by atoms with Gasteiger partial charge in [0.25, 0.3) is 5.82 Å². The van der Waals surface area contributed by atoms with Crippen molar-refractivity contribution >= 4 is 16.9 Å². The van der Waals surface area contributed by atoms with Crippen LogP contribution in [0.5, 0.6) is 0 Å². The Morgan fingerprint density at radius 2 is 1.90 bits per heavy atom. The molecule has 1 aromatic carbocycles. The summed E-state index contributed by atoms with van der Waals surface area (Å²) < 4.78 is 7.07. The molecule has 2 heterocycles. The highest BCUT2D eigenvalue weighted by molar-refractivity contribution is 5.89. The van der Waals surface area contributed by atoms with Crippen molar-refractivity contribution in [3.05, 3.63) is 60.4 Å². The number of benzene rings is 1. The van der Waals surface area contributed by atoms with Crippen molar-refractivity contribution in [3.8, 4) is 5.82 Å². The van der Waals surface area contributed by atoms with Crippen LogP contribution in [0.25, 0.3) is 16.7 Å². The number of rotatable bonds is 4. The molecule has 1 N–H and O–H groups in total. The fourth-order valence-corrected chi connectivity index (χ4v) is 2.49. The van der Waals surface area contributed by atoms with E-state index < -0.39 is 0 Å². The molecule has 0 aliphatic heterocycles. The topological polar surface area (TPSA) is 46.0 Å². The van der Waals surface area contributed by atoms with E-state index in [1.54, 1.807) is 0 Å². The number of ether oxygens (including phenoxy) is 1. The Bertz CT molecular complexity index is 763. The first-order valence-electron chi connectivity index (χ1n) is 7.01. The van der Waals surface area contributed by atoms with E-state index in [2.05, 4.69) is 4.98 Å². The molecule has 0 atom stereocenters. The molecule has 106 valence electrons. The maximum Gasteiger partial charge on any atom is 0.310 e. The second kappa shape index (κ2) is 5.79. The largest absolute Gasteiger partial charge is 0.466 e. The minimum Gasteiger partial charge on any atom is -0.466 e. The number of H-pyrrole nitrogens is 1. The molecule has 4 nitrogen and oxygen atoms in total. The summed E-state index contributed by atoms with van der Waals surface area (Å²) in [5, 5.41) is 1.05. The van der Waals surface area contributed by atoms with E-state index in [1.165, 1.54) is 0 Å². The average Bonchev–Trinajstić information content (AvgIpc) is 2.87. The minimum absolute atomic E-state index is 0.208. The van der Waals surface area contributed by atoms with Gasteiger partial charge < -0.3 is 4.74 Å². The molecule has 0 radical (unpaired) electrons. The van der Waals surface area contributed by atoms with Crippen LogP contribution in [0.1, 0.15) is 12.5 Å². The summed E-state index contributed by atoms with van der Waals surface area (Å²) in [7, 11) is 0. The van der Waals surface area contributed by atoms with E-state index >= 15 is 0 Å². The molecule has 4 heteroatoms. The summed E-state index contributed by atoms with van der Waals surface area (Å²) in [4.78, 5) is 15.3. The lowest BCUT2D eigenvalue weighted by Gasteiger charge is -2.02. The first kappa shape index (κ1) is 13.4. The summed E-state index contributed by atoms with van der Waals surface area (Å²) in [5.74, 6) is 0.699. The van der Waals surface area contributed by atoms with Gasteiger partial charge in [-0.1, -0.05) is 24.3 Å². The van der Waals surface area contributed by atoms with Gasteiger partial charge in [0.1, 0.15) is 5.52 Å². The van der Waals surface area contributed by atoms with Gasteiger partial charge in [-0.15, -0.1) is 0 Å². The Morgan fingerprint density at radius 3 is 2.67 bits per heavy atom. The van der Waals surface area contributed by atoms with Crippen LogP contribution in [0.15, 0.2) is 54.9 Å². The quantitative estimate of drug-likeness (QED) is 0.590. The van der Waals surface area contributed by atoms with Crippen LogP contribution >= 0.6 is 0 Å². The van der Waals surface area contributed by atoms with Crippen LogP contribution < -0.4 is 4.57 Å². The number of aromatic amines is 1. The SMILES string of the molecule is CCOC(=O)Cc1c(-[n+]2ccccc2)[nH]c2ccccc12. The van der Waals surface area contributed by atoms with Gasteiger partial charge in [0.15, 0.2) is 0 Å². The van der Waals surface area contributed by atoms with E-state index in [0.29, 0.717) is 6.61 Å². The van der Waals surface area contributed by atoms with Crippen molar-refractivity contribution in [1.82, 2.24) is 4.98 Å². The molecule has 0 fully saturated rings. The molecular formula is C17H17N2O2+. The van der Waals surface area contributed by atoms with Crippen molar-refractivity contribution < 1.29 is 14.1 Å². The highest BCUT2D eigenvalue weighted by Crippen LogP contribution is 2.23. The van der Waals surface area contributed by atoms with Crippen LogP contribution in [-0.2, 0) is 16.0 Å². The predicted molar refractivity (Wildman–Crippen MR) is 80.2 cm³/mol. The van der Waals surface area contributed by atoms with E-state index in [4.69, 9.17) is 4.74 Å². The van der Waals surface area contributed by atoms with Gasteiger partial charge in [-0.3, -0.25) is 4.79 Å². The van der Waals surface area contributed by atoms with E-state index in [0.717, 1.165) is 22.3 Å². The Labute approximate surface area is 123 Å². The summed E-state index contributed by atoms with van der Waals surface area (Å²) in [5.41, 5.74) is 1.98. The highest BCUT2D eigenvalue weighted by Gasteiger charge is 2.22. The zero-order valence-corrected chi connectivity index (χ0v) is 11.9. The number of pyridine rings is 1. The zero-order chi connectivity index (χ0) is 14.7. The molecule has 0 aliphatic carbocycles. The van der Waals surface area contributed by atoms with Gasteiger partial charge in [0.05, 0.1) is 31.0 Å². The number of carbonyl (C=O) groups is 1. The molecule has 0 amide bonds. The van der Waals surface area contributed by atoms with Crippen LogP contribution in [0.2, 0.25) is 0 Å². The van der Waals surface area contributed by atoms with Gasteiger partial charge in [-0.25, -0.2) is 9.55 Å². The van der Waals surface area contributed by atoms with Crippen LogP contribution in [0.4, 0.5) is 0 Å². The van der Waals surface area contributed by atoms with E-state index in [-0.39, 0.29) is 12.4 Å². The molecule has 3 rings (SSSR count). The predicted octanol–water partition coefficient (Wildman–Crippen LogP) is 2.55. The van der Waals surface area contributed by atoms with Gasteiger partial charge in [0, 0.05) is 5.39 Å². The third-order valence-electron chi connectivity index (χ3n) is 3.39. The lowest BCUT2D eigenvalue weighted by Crippen LogP contribution is -2.31. The number of nitrogens with zero attached hydrogens (tertiary/aromatic N) is 1. The zero-order valence-electron chi connectivity index (χ0n) is 11.9. The number of nitrogens with one attached hydrogen (secondary N) is 1. The third kappa shape index (κ3) is 2.65. The Balaban J connectivity index is 2.12.